The lowest BCUT2D eigenvalue weighted by atomic mass is 10.2. The highest BCUT2D eigenvalue weighted by atomic mass is 32.1. The lowest BCUT2D eigenvalue weighted by Gasteiger charge is -2.11. The first-order valence-electron chi connectivity index (χ1n) is 6.10. The van der Waals surface area contributed by atoms with Gasteiger partial charge in [0.2, 0.25) is 0 Å². The van der Waals surface area contributed by atoms with Crippen LogP contribution in [-0.4, -0.2) is 24.1 Å². The number of hydrogen-bond acceptors (Lipinski definition) is 7. The number of hydrogen-bond donors (Lipinski definition) is 1. The molecule has 7 nitrogen and oxygen atoms in total. The monoisotopic (exact) mass is 309 g/mol. The predicted molar refractivity (Wildman–Crippen MR) is 80.4 cm³/mol. The van der Waals surface area contributed by atoms with Gasteiger partial charge in [0.25, 0.3) is 5.69 Å². The summed E-state index contributed by atoms with van der Waals surface area (Å²) >= 11 is 1.54. The Hall–Kier alpha value is -2.35. The molecular formula is C13H15N3O4S. The van der Waals surface area contributed by atoms with Crippen LogP contribution >= 0.6 is 11.3 Å². The number of nitro benzene ring substituents is 1. The van der Waals surface area contributed by atoms with Gasteiger partial charge in [0, 0.05) is 17.1 Å². The second-order valence-corrected chi connectivity index (χ2v) is 5.52. The quantitative estimate of drug-likeness (QED) is 0.652. The molecule has 2 aromatic rings. The molecule has 0 saturated heterocycles. The van der Waals surface area contributed by atoms with Crippen LogP contribution in [0.2, 0.25) is 0 Å². The zero-order chi connectivity index (χ0) is 15.4. The fourth-order valence-electron chi connectivity index (χ4n) is 1.81. The van der Waals surface area contributed by atoms with E-state index < -0.39 is 4.92 Å². The van der Waals surface area contributed by atoms with Gasteiger partial charge in [0.15, 0.2) is 11.5 Å². The van der Waals surface area contributed by atoms with Gasteiger partial charge in [-0.2, -0.15) is 0 Å². The van der Waals surface area contributed by atoms with Crippen molar-refractivity contribution in [2.45, 2.75) is 13.5 Å². The van der Waals surface area contributed by atoms with Gasteiger partial charge in [-0.15, -0.1) is 11.3 Å². The van der Waals surface area contributed by atoms with Gasteiger partial charge in [-0.3, -0.25) is 10.1 Å². The molecule has 0 fully saturated rings. The minimum Gasteiger partial charge on any atom is -0.493 e. The second kappa shape index (κ2) is 6.40. The van der Waals surface area contributed by atoms with E-state index in [1.165, 1.54) is 31.6 Å². The molecule has 0 saturated carbocycles. The number of benzene rings is 1. The van der Waals surface area contributed by atoms with E-state index in [-0.39, 0.29) is 5.69 Å². The molecule has 1 heterocycles. The molecule has 112 valence electrons. The maximum atomic E-state index is 11.2. The average molecular weight is 309 g/mol. The highest BCUT2D eigenvalue weighted by molar-refractivity contribution is 7.11. The number of nitro groups is 1. The van der Waals surface area contributed by atoms with Crippen molar-refractivity contribution >= 4 is 22.7 Å². The molecule has 0 unspecified atom stereocenters. The van der Waals surface area contributed by atoms with Crippen LogP contribution in [0.3, 0.4) is 0 Å². The molecule has 0 spiro atoms. The highest BCUT2D eigenvalue weighted by Crippen LogP contribution is 2.37. The van der Waals surface area contributed by atoms with Crippen LogP contribution < -0.4 is 14.8 Å². The normalized spacial score (nSPS) is 10.2. The van der Waals surface area contributed by atoms with Crippen molar-refractivity contribution in [1.82, 2.24) is 4.98 Å². The summed E-state index contributed by atoms with van der Waals surface area (Å²) in [6.07, 6.45) is 1.77. The molecular weight excluding hydrogens is 294 g/mol. The fourth-order valence-corrected chi connectivity index (χ4v) is 2.54. The van der Waals surface area contributed by atoms with Crippen molar-refractivity contribution in [2.24, 2.45) is 0 Å². The summed E-state index contributed by atoms with van der Waals surface area (Å²) in [5.74, 6) is 0.751. The maximum Gasteiger partial charge on any atom is 0.296 e. The molecule has 1 aromatic carbocycles. The average Bonchev–Trinajstić information content (AvgIpc) is 2.89. The molecule has 0 aliphatic heterocycles. The van der Waals surface area contributed by atoms with Crippen molar-refractivity contribution in [2.75, 3.05) is 19.5 Å². The molecule has 0 amide bonds. The van der Waals surface area contributed by atoms with Crippen LogP contribution in [0.15, 0.2) is 18.3 Å². The standard InChI is InChI=1S/C13H15N3O4S/c1-8-6-15-13(21-8)7-14-9-4-11(19-2)12(20-3)5-10(9)16(17)18/h4-6,14H,7H2,1-3H3. The predicted octanol–water partition coefficient (Wildman–Crippen LogP) is 2.99. The Morgan fingerprint density at radius 3 is 2.52 bits per heavy atom. The molecule has 1 N–H and O–H groups in total. The first-order valence-corrected chi connectivity index (χ1v) is 6.92. The minimum atomic E-state index is -0.461. The number of methoxy groups -OCH3 is 2. The second-order valence-electron chi connectivity index (χ2n) is 4.20. The van der Waals surface area contributed by atoms with Crippen LogP contribution in [0.1, 0.15) is 9.88 Å². The third kappa shape index (κ3) is 3.40. The molecule has 2 rings (SSSR count). The zero-order valence-corrected chi connectivity index (χ0v) is 12.7. The third-order valence-corrected chi connectivity index (χ3v) is 3.71. The number of anilines is 1. The summed E-state index contributed by atoms with van der Waals surface area (Å²) in [4.78, 5) is 16.0. The Balaban J connectivity index is 2.29. The molecule has 8 heteroatoms. The maximum absolute atomic E-state index is 11.2. The van der Waals surface area contributed by atoms with Crippen LogP contribution in [0, 0.1) is 17.0 Å². The largest absolute Gasteiger partial charge is 0.493 e. The molecule has 1 aromatic heterocycles. The van der Waals surface area contributed by atoms with Gasteiger partial charge >= 0.3 is 0 Å². The smallest absolute Gasteiger partial charge is 0.296 e. The number of aromatic nitrogens is 1. The van der Waals surface area contributed by atoms with Gasteiger partial charge in [-0.05, 0) is 6.92 Å². The molecule has 0 aliphatic carbocycles. The zero-order valence-electron chi connectivity index (χ0n) is 11.9. The third-order valence-electron chi connectivity index (χ3n) is 2.80. The van der Waals surface area contributed by atoms with Crippen molar-refractivity contribution in [3.63, 3.8) is 0 Å². The van der Waals surface area contributed by atoms with E-state index >= 15 is 0 Å². The van der Waals surface area contributed by atoms with Gasteiger partial charge in [0.05, 0.1) is 31.8 Å². The summed E-state index contributed by atoms with van der Waals surface area (Å²) in [5.41, 5.74) is 0.298. The van der Waals surface area contributed by atoms with Gasteiger partial charge in [-0.1, -0.05) is 0 Å². The van der Waals surface area contributed by atoms with Crippen molar-refractivity contribution < 1.29 is 14.4 Å². The number of thiazole rings is 1. The Labute approximate surface area is 125 Å². The van der Waals surface area contributed by atoms with Crippen LogP contribution in [0.25, 0.3) is 0 Å². The topological polar surface area (TPSA) is 86.5 Å². The van der Waals surface area contributed by atoms with E-state index in [9.17, 15) is 10.1 Å². The molecule has 0 radical (unpaired) electrons. The molecule has 21 heavy (non-hydrogen) atoms. The van der Waals surface area contributed by atoms with E-state index in [1.54, 1.807) is 12.3 Å². The van der Waals surface area contributed by atoms with E-state index in [0.29, 0.717) is 23.7 Å². The van der Waals surface area contributed by atoms with Gasteiger partial charge < -0.3 is 14.8 Å². The number of nitrogens with zero attached hydrogens (tertiary/aromatic N) is 2. The van der Waals surface area contributed by atoms with Crippen LogP contribution in [0.4, 0.5) is 11.4 Å². The number of ether oxygens (including phenoxy) is 2. The Bertz CT molecular complexity index is 657. The summed E-state index contributed by atoms with van der Waals surface area (Å²) in [5, 5.41) is 15.0. The van der Waals surface area contributed by atoms with E-state index in [2.05, 4.69) is 10.3 Å². The van der Waals surface area contributed by atoms with Crippen LogP contribution in [-0.2, 0) is 6.54 Å². The first-order chi connectivity index (χ1) is 10.0. The summed E-state index contributed by atoms with van der Waals surface area (Å²) < 4.78 is 10.2. The van der Waals surface area contributed by atoms with Crippen molar-refractivity contribution in [3.05, 3.63) is 38.3 Å². The number of nitrogens with one attached hydrogen (secondary N) is 1. The fraction of sp³-hybridized carbons (Fsp3) is 0.308. The molecule has 0 aliphatic rings. The lowest BCUT2D eigenvalue weighted by Crippen LogP contribution is -2.03. The Morgan fingerprint density at radius 1 is 1.33 bits per heavy atom. The van der Waals surface area contributed by atoms with Crippen molar-refractivity contribution in [1.29, 1.82) is 0 Å². The minimum absolute atomic E-state index is 0.0686. The summed E-state index contributed by atoms with van der Waals surface area (Å²) in [7, 11) is 2.92. The van der Waals surface area contributed by atoms with Crippen molar-refractivity contribution in [3.8, 4) is 11.5 Å². The SMILES string of the molecule is COc1cc(NCc2ncc(C)s2)c([N+](=O)[O-])cc1OC. The molecule has 0 atom stereocenters. The van der Waals surface area contributed by atoms with E-state index in [1.807, 2.05) is 6.92 Å². The van der Waals surface area contributed by atoms with E-state index in [0.717, 1.165) is 9.88 Å². The Morgan fingerprint density at radius 2 is 2.00 bits per heavy atom. The highest BCUT2D eigenvalue weighted by Gasteiger charge is 2.19. The van der Waals surface area contributed by atoms with Crippen LogP contribution in [0.5, 0.6) is 11.5 Å². The lowest BCUT2D eigenvalue weighted by molar-refractivity contribution is -0.384. The molecule has 0 bridgehead atoms. The first kappa shape index (κ1) is 15.0. The Kier molecular flexibility index (Phi) is 4.59. The number of aryl methyl sites for hydroxylation is 1. The van der Waals surface area contributed by atoms with Gasteiger partial charge in [0.1, 0.15) is 10.7 Å². The van der Waals surface area contributed by atoms with E-state index in [4.69, 9.17) is 9.47 Å². The summed E-state index contributed by atoms with van der Waals surface area (Å²) in [6, 6.07) is 2.89. The number of rotatable bonds is 6. The summed E-state index contributed by atoms with van der Waals surface area (Å²) in [6.45, 7) is 2.37. The van der Waals surface area contributed by atoms with Gasteiger partial charge in [-0.25, -0.2) is 4.98 Å².